The Morgan fingerprint density at radius 2 is 1.75 bits per heavy atom. The molecule has 3 aromatic rings. The van der Waals surface area contributed by atoms with Crippen molar-refractivity contribution in [3.05, 3.63) is 94.5 Å². The lowest BCUT2D eigenvalue weighted by Crippen LogP contribution is -2.53. The molecule has 1 amide bonds. The van der Waals surface area contributed by atoms with Crippen LogP contribution in [0.5, 0.6) is 0 Å². The molecule has 0 aliphatic heterocycles. The number of hydrogen-bond acceptors (Lipinski definition) is 4. The molecule has 3 rings (SSSR count). The van der Waals surface area contributed by atoms with Gasteiger partial charge in [0.2, 0.25) is 5.91 Å². The van der Waals surface area contributed by atoms with Gasteiger partial charge in [-0.1, -0.05) is 40.2 Å². The van der Waals surface area contributed by atoms with Crippen LogP contribution in [0, 0.1) is 0 Å². The molecule has 0 radical (unpaired) electrons. The number of nitrogens with zero attached hydrogens (tertiary/aromatic N) is 2. The summed E-state index contributed by atoms with van der Waals surface area (Å²) >= 11 is 3.60. The van der Waals surface area contributed by atoms with Crippen LogP contribution in [0.25, 0.3) is 0 Å². The number of amides is 1. The van der Waals surface area contributed by atoms with Gasteiger partial charge in [0.15, 0.2) is 0 Å². The minimum absolute atomic E-state index is 0.391. The summed E-state index contributed by atoms with van der Waals surface area (Å²) in [5.41, 5.74) is 8.05. The van der Waals surface area contributed by atoms with Crippen LogP contribution >= 0.6 is 15.9 Å². The van der Waals surface area contributed by atoms with Crippen molar-refractivity contribution >= 4 is 21.8 Å². The second-order valence-electron chi connectivity index (χ2n) is 6.64. The summed E-state index contributed by atoms with van der Waals surface area (Å²) in [5.74, 6) is -0.391. The van der Waals surface area contributed by atoms with Crippen LogP contribution in [0.2, 0.25) is 0 Å². The van der Waals surface area contributed by atoms with E-state index in [1.54, 1.807) is 18.6 Å². The zero-order valence-corrected chi connectivity index (χ0v) is 17.1. The fourth-order valence-electron chi connectivity index (χ4n) is 3.32. The number of rotatable bonds is 9. The van der Waals surface area contributed by atoms with Gasteiger partial charge in [-0.3, -0.25) is 20.1 Å². The standard InChI is InChI=1S/C22H23BrN4O/c23-20-6-2-1-5-19(20)22(21(24)28,11-7-18-4-3-12-26-16-18)27-15-10-17-8-13-25-14-9-17/h1-6,8-9,12-14,16,27H,7,10-11,15H2,(H2,24,28). The Hall–Kier alpha value is -2.57. The number of primary amides is 1. The van der Waals surface area contributed by atoms with Crippen molar-refractivity contribution in [3.8, 4) is 0 Å². The van der Waals surface area contributed by atoms with Crippen LogP contribution in [0.1, 0.15) is 23.1 Å². The third-order valence-electron chi connectivity index (χ3n) is 4.86. The van der Waals surface area contributed by atoms with Crippen molar-refractivity contribution in [1.82, 2.24) is 15.3 Å². The van der Waals surface area contributed by atoms with Gasteiger partial charge in [0.1, 0.15) is 5.54 Å². The molecular formula is C22H23BrN4O. The van der Waals surface area contributed by atoms with Crippen LogP contribution in [-0.4, -0.2) is 22.4 Å². The van der Waals surface area contributed by atoms with E-state index in [0.29, 0.717) is 19.4 Å². The van der Waals surface area contributed by atoms with Crippen LogP contribution in [-0.2, 0) is 23.2 Å². The molecule has 28 heavy (non-hydrogen) atoms. The Morgan fingerprint density at radius 3 is 2.43 bits per heavy atom. The van der Waals surface area contributed by atoms with Crippen molar-refractivity contribution in [2.45, 2.75) is 24.8 Å². The first kappa shape index (κ1) is 20.2. The van der Waals surface area contributed by atoms with Crippen molar-refractivity contribution < 1.29 is 4.79 Å². The average Bonchev–Trinajstić information content (AvgIpc) is 2.72. The first-order chi connectivity index (χ1) is 13.6. The topological polar surface area (TPSA) is 80.9 Å². The molecule has 5 nitrogen and oxygen atoms in total. The summed E-state index contributed by atoms with van der Waals surface area (Å²) in [7, 11) is 0. The van der Waals surface area contributed by atoms with Gasteiger partial charge in [-0.2, -0.15) is 0 Å². The highest BCUT2D eigenvalue weighted by molar-refractivity contribution is 9.10. The SMILES string of the molecule is NC(=O)C(CCc1cccnc1)(NCCc1ccncc1)c1ccccc1Br. The molecule has 0 aliphatic rings. The summed E-state index contributed by atoms with van der Waals surface area (Å²) in [6.45, 7) is 0.612. The molecule has 0 spiro atoms. The summed E-state index contributed by atoms with van der Waals surface area (Å²) < 4.78 is 0.858. The van der Waals surface area contributed by atoms with Crippen LogP contribution in [0.3, 0.4) is 0 Å². The van der Waals surface area contributed by atoms with Crippen molar-refractivity contribution in [3.63, 3.8) is 0 Å². The van der Waals surface area contributed by atoms with Gasteiger partial charge in [0, 0.05) is 35.8 Å². The summed E-state index contributed by atoms with van der Waals surface area (Å²) in [6.07, 6.45) is 9.09. The number of aryl methyl sites for hydroxylation is 1. The smallest absolute Gasteiger partial charge is 0.242 e. The summed E-state index contributed by atoms with van der Waals surface area (Å²) in [6, 6.07) is 15.6. The van der Waals surface area contributed by atoms with E-state index in [1.165, 1.54) is 0 Å². The zero-order chi connectivity index (χ0) is 19.8. The predicted molar refractivity (Wildman–Crippen MR) is 114 cm³/mol. The van der Waals surface area contributed by atoms with E-state index in [4.69, 9.17) is 5.73 Å². The predicted octanol–water partition coefficient (Wildman–Crippen LogP) is 3.38. The quantitative estimate of drug-likeness (QED) is 0.536. The lowest BCUT2D eigenvalue weighted by molar-refractivity contribution is -0.125. The van der Waals surface area contributed by atoms with Crippen LogP contribution in [0.4, 0.5) is 0 Å². The van der Waals surface area contributed by atoms with E-state index >= 15 is 0 Å². The van der Waals surface area contributed by atoms with Gasteiger partial charge in [0.25, 0.3) is 0 Å². The number of benzene rings is 1. The van der Waals surface area contributed by atoms with Gasteiger partial charge in [-0.25, -0.2) is 0 Å². The maximum Gasteiger partial charge on any atom is 0.242 e. The lowest BCUT2D eigenvalue weighted by atomic mass is 9.83. The highest BCUT2D eigenvalue weighted by atomic mass is 79.9. The minimum atomic E-state index is -0.983. The molecule has 1 atom stereocenters. The number of hydrogen-bond donors (Lipinski definition) is 2. The monoisotopic (exact) mass is 438 g/mol. The van der Waals surface area contributed by atoms with Gasteiger partial charge < -0.3 is 5.73 Å². The van der Waals surface area contributed by atoms with E-state index in [-0.39, 0.29) is 0 Å². The van der Waals surface area contributed by atoms with Gasteiger partial charge in [-0.05, 0) is 60.2 Å². The number of halogens is 1. The molecule has 3 N–H and O–H groups in total. The zero-order valence-electron chi connectivity index (χ0n) is 15.5. The Labute approximate surface area is 173 Å². The Kier molecular flexibility index (Phi) is 6.90. The summed E-state index contributed by atoms with van der Waals surface area (Å²) in [5, 5.41) is 3.46. The van der Waals surface area contributed by atoms with E-state index in [9.17, 15) is 4.79 Å². The molecule has 0 saturated carbocycles. The highest BCUT2D eigenvalue weighted by Gasteiger charge is 2.39. The maximum absolute atomic E-state index is 12.8. The molecule has 0 fully saturated rings. The Bertz CT molecular complexity index is 905. The fourth-order valence-corrected chi connectivity index (χ4v) is 3.94. The molecular weight excluding hydrogens is 416 g/mol. The first-order valence-corrected chi connectivity index (χ1v) is 9.99. The number of nitrogens with one attached hydrogen (secondary N) is 1. The maximum atomic E-state index is 12.8. The van der Waals surface area contributed by atoms with Crippen LogP contribution < -0.4 is 11.1 Å². The lowest BCUT2D eigenvalue weighted by Gasteiger charge is -2.33. The molecule has 2 aromatic heterocycles. The second-order valence-corrected chi connectivity index (χ2v) is 7.50. The molecule has 2 heterocycles. The number of carbonyl (C=O) groups is 1. The second kappa shape index (κ2) is 9.57. The van der Waals surface area contributed by atoms with E-state index in [1.807, 2.05) is 54.7 Å². The number of carbonyl (C=O) groups excluding carboxylic acids is 1. The third-order valence-corrected chi connectivity index (χ3v) is 5.55. The Balaban J connectivity index is 1.86. The van der Waals surface area contributed by atoms with E-state index in [2.05, 4.69) is 31.2 Å². The number of nitrogens with two attached hydrogens (primary N) is 1. The number of pyridine rings is 2. The molecule has 0 saturated heterocycles. The molecule has 1 unspecified atom stereocenters. The molecule has 0 aliphatic carbocycles. The van der Waals surface area contributed by atoms with E-state index in [0.717, 1.165) is 27.6 Å². The molecule has 1 aromatic carbocycles. The van der Waals surface area contributed by atoms with Gasteiger partial charge >= 0.3 is 0 Å². The van der Waals surface area contributed by atoms with Gasteiger partial charge in [-0.15, -0.1) is 0 Å². The van der Waals surface area contributed by atoms with Crippen molar-refractivity contribution in [1.29, 1.82) is 0 Å². The average molecular weight is 439 g/mol. The van der Waals surface area contributed by atoms with Crippen LogP contribution in [0.15, 0.2) is 77.8 Å². The normalized spacial score (nSPS) is 13.0. The van der Waals surface area contributed by atoms with Gasteiger partial charge in [0.05, 0.1) is 0 Å². The summed E-state index contributed by atoms with van der Waals surface area (Å²) in [4.78, 5) is 21.0. The largest absolute Gasteiger partial charge is 0.368 e. The Morgan fingerprint density at radius 1 is 0.964 bits per heavy atom. The number of aromatic nitrogens is 2. The fraction of sp³-hybridized carbons (Fsp3) is 0.227. The molecule has 6 heteroatoms. The first-order valence-electron chi connectivity index (χ1n) is 9.19. The van der Waals surface area contributed by atoms with Crippen molar-refractivity contribution in [2.24, 2.45) is 5.73 Å². The van der Waals surface area contributed by atoms with E-state index < -0.39 is 11.4 Å². The minimum Gasteiger partial charge on any atom is -0.368 e. The van der Waals surface area contributed by atoms with Crippen molar-refractivity contribution in [2.75, 3.05) is 6.54 Å². The molecule has 144 valence electrons. The molecule has 0 bridgehead atoms. The highest BCUT2D eigenvalue weighted by Crippen LogP contribution is 2.32. The third kappa shape index (κ3) is 4.82.